The summed E-state index contributed by atoms with van der Waals surface area (Å²) in [6.07, 6.45) is 0.607. The van der Waals surface area contributed by atoms with E-state index >= 15 is 0 Å². The molecule has 0 radical (unpaired) electrons. The van der Waals surface area contributed by atoms with Crippen LogP contribution in [0.25, 0.3) is 11.4 Å². The van der Waals surface area contributed by atoms with Crippen LogP contribution in [0.1, 0.15) is 18.4 Å². The van der Waals surface area contributed by atoms with Crippen LogP contribution in [0.3, 0.4) is 0 Å². The van der Waals surface area contributed by atoms with Crippen molar-refractivity contribution in [3.8, 4) is 11.4 Å². The lowest BCUT2D eigenvalue weighted by atomic mass is 10.1. The quantitative estimate of drug-likeness (QED) is 0.618. The van der Waals surface area contributed by atoms with Crippen LogP contribution >= 0.6 is 0 Å². The lowest BCUT2D eigenvalue weighted by molar-refractivity contribution is 0.382. The van der Waals surface area contributed by atoms with Gasteiger partial charge in [0.2, 0.25) is 21.7 Å². The van der Waals surface area contributed by atoms with Gasteiger partial charge in [-0.3, -0.25) is 0 Å². The Kier molecular flexibility index (Phi) is 5.57. The van der Waals surface area contributed by atoms with Gasteiger partial charge in [-0.05, 0) is 30.7 Å². The van der Waals surface area contributed by atoms with E-state index in [9.17, 15) is 12.8 Å². The summed E-state index contributed by atoms with van der Waals surface area (Å²) in [5.41, 5.74) is 1.73. The number of piperazine rings is 1. The number of hydrogen-bond acceptors (Lipinski definition) is 6. The zero-order valence-corrected chi connectivity index (χ0v) is 17.7. The first-order chi connectivity index (χ1) is 14.4. The molecule has 0 atom stereocenters. The van der Waals surface area contributed by atoms with Crippen LogP contribution in [0.4, 0.5) is 10.1 Å². The summed E-state index contributed by atoms with van der Waals surface area (Å²) in [7, 11) is -3.71. The van der Waals surface area contributed by atoms with Crippen molar-refractivity contribution in [3.63, 3.8) is 0 Å². The molecule has 4 rings (SSSR count). The van der Waals surface area contributed by atoms with Gasteiger partial charge in [0.1, 0.15) is 5.82 Å². The summed E-state index contributed by atoms with van der Waals surface area (Å²) < 4.78 is 47.3. The van der Waals surface area contributed by atoms with E-state index in [-0.39, 0.29) is 23.8 Å². The molecule has 3 aromatic rings. The average molecular weight is 431 g/mol. The summed E-state index contributed by atoms with van der Waals surface area (Å²) in [5, 5.41) is 3.94. The molecule has 0 N–H and O–H groups in total. The molecular formula is C21H23FN4O3S. The third-order valence-electron chi connectivity index (χ3n) is 5.27. The molecular weight excluding hydrogens is 407 g/mol. The Hall–Kier alpha value is -2.78. The first-order valence-electron chi connectivity index (χ1n) is 9.83. The Labute approximate surface area is 175 Å². The lowest BCUT2D eigenvalue weighted by Gasteiger charge is -2.35. The van der Waals surface area contributed by atoms with Gasteiger partial charge in [0.25, 0.3) is 0 Å². The van der Waals surface area contributed by atoms with E-state index in [4.69, 9.17) is 4.52 Å². The van der Waals surface area contributed by atoms with Crippen LogP contribution in [-0.2, 0) is 16.4 Å². The Morgan fingerprint density at radius 2 is 1.83 bits per heavy atom. The monoisotopic (exact) mass is 430 g/mol. The molecule has 0 amide bonds. The number of rotatable bonds is 5. The van der Waals surface area contributed by atoms with Gasteiger partial charge in [0.15, 0.2) is 0 Å². The van der Waals surface area contributed by atoms with Crippen LogP contribution < -0.4 is 4.90 Å². The number of benzene rings is 2. The van der Waals surface area contributed by atoms with Crippen LogP contribution in [0, 0.1) is 12.7 Å². The molecule has 1 aromatic heterocycles. The topological polar surface area (TPSA) is 79.5 Å². The van der Waals surface area contributed by atoms with Gasteiger partial charge >= 0.3 is 0 Å². The van der Waals surface area contributed by atoms with Gasteiger partial charge in [-0.25, -0.2) is 12.8 Å². The highest BCUT2D eigenvalue weighted by molar-refractivity contribution is 7.89. The van der Waals surface area contributed by atoms with Gasteiger partial charge in [-0.1, -0.05) is 36.3 Å². The number of aromatic nitrogens is 2. The second-order valence-electron chi connectivity index (χ2n) is 7.19. The molecule has 1 aliphatic rings. The van der Waals surface area contributed by atoms with E-state index < -0.39 is 10.0 Å². The lowest BCUT2D eigenvalue weighted by Crippen LogP contribution is -2.49. The normalized spacial score (nSPS) is 15.5. The van der Waals surface area contributed by atoms with E-state index in [1.807, 2.05) is 11.8 Å². The SMILES string of the molecule is CCc1nc(-c2ccc(C)c(S(=O)(=O)N3CCN(c4ccccc4F)CC3)c2)no1. The Morgan fingerprint density at radius 1 is 1.10 bits per heavy atom. The fourth-order valence-corrected chi connectivity index (χ4v) is 5.22. The second kappa shape index (κ2) is 8.16. The maximum Gasteiger partial charge on any atom is 0.243 e. The smallest absolute Gasteiger partial charge is 0.243 e. The summed E-state index contributed by atoms with van der Waals surface area (Å²) in [5.74, 6) is 0.566. The van der Waals surface area contributed by atoms with Crippen molar-refractivity contribution < 1.29 is 17.3 Å². The minimum Gasteiger partial charge on any atom is -0.367 e. The predicted octanol–water partition coefficient (Wildman–Crippen LogP) is 3.26. The zero-order valence-electron chi connectivity index (χ0n) is 16.9. The maximum atomic E-state index is 14.1. The van der Waals surface area contributed by atoms with Gasteiger partial charge in [0, 0.05) is 38.2 Å². The third-order valence-corrected chi connectivity index (χ3v) is 7.31. The molecule has 2 heterocycles. The van der Waals surface area contributed by atoms with E-state index in [0.29, 0.717) is 48.0 Å². The Balaban J connectivity index is 1.57. The molecule has 30 heavy (non-hydrogen) atoms. The molecule has 0 unspecified atom stereocenters. The number of aryl methyl sites for hydroxylation is 2. The number of para-hydroxylation sites is 1. The molecule has 0 spiro atoms. The molecule has 0 bridgehead atoms. The Morgan fingerprint density at radius 3 is 2.50 bits per heavy atom. The van der Waals surface area contributed by atoms with E-state index in [1.165, 1.54) is 10.4 Å². The summed E-state index contributed by atoms with van der Waals surface area (Å²) >= 11 is 0. The minimum absolute atomic E-state index is 0.224. The van der Waals surface area contributed by atoms with Gasteiger partial charge in [-0.15, -0.1) is 0 Å². The third kappa shape index (κ3) is 3.82. The van der Waals surface area contributed by atoms with Crippen LogP contribution in [-0.4, -0.2) is 49.0 Å². The number of sulfonamides is 1. The van der Waals surface area contributed by atoms with Crippen molar-refractivity contribution in [1.29, 1.82) is 0 Å². The molecule has 0 saturated carbocycles. The first-order valence-corrected chi connectivity index (χ1v) is 11.3. The van der Waals surface area contributed by atoms with Crippen LogP contribution in [0.5, 0.6) is 0 Å². The molecule has 158 valence electrons. The minimum atomic E-state index is -3.71. The van der Waals surface area contributed by atoms with Crippen molar-refractivity contribution in [1.82, 2.24) is 14.4 Å². The van der Waals surface area contributed by atoms with E-state index in [1.54, 1.807) is 43.3 Å². The second-order valence-corrected chi connectivity index (χ2v) is 9.09. The summed E-state index contributed by atoms with van der Waals surface area (Å²) in [4.78, 5) is 6.38. The fourth-order valence-electron chi connectivity index (χ4n) is 3.55. The molecule has 1 aliphatic heterocycles. The number of anilines is 1. The summed E-state index contributed by atoms with van der Waals surface area (Å²) in [6, 6.07) is 11.7. The molecule has 9 heteroatoms. The van der Waals surface area contributed by atoms with Crippen molar-refractivity contribution in [2.45, 2.75) is 25.2 Å². The number of halogens is 1. The molecule has 7 nitrogen and oxygen atoms in total. The largest absolute Gasteiger partial charge is 0.367 e. The van der Waals surface area contributed by atoms with Crippen LogP contribution in [0.15, 0.2) is 51.9 Å². The molecule has 1 fully saturated rings. The molecule has 0 aliphatic carbocycles. The highest BCUT2D eigenvalue weighted by Gasteiger charge is 2.30. The Bertz CT molecular complexity index is 1150. The molecule has 1 saturated heterocycles. The fraction of sp³-hybridized carbons (Fsp3) is 0.333. The van der Waals surface area contributed by atoms with Crippen molar-refractivity contribution in [2.75, 3.05) is 31.1 Å². The number of hydrogen-bond donors (Lipinski definition) is 0. The summed E-state index contributed by atoms with van der Waals surface area (Å²) in [6.45, 7) is 5.07. The highest BCUT2D eigenvalue weighted by atomic mass is 32.2. The average Bonchev–Trinajstić information content (AvgIpc) is 3.24. The van der Waals surface area contributed by atoms with Crippen LogP contribution in [0.2, 0.25) is 0 Å². The zero-order chi connectivity index (χ0) is 21.3. The van der Waals surface area contributed by atoms with Crippen molar-refractivity contribution in [3.05, 3.63) is 59.7 Å². The van der Waals surface area contributed by atoms with Gasteiger partial charge in [-0.2, -0.15) is 9.29 Å². The van der Waals surface area contributed by atoms with Gasteiger partial charge < -0.3 is 9.42 Å². The first kappa shape index (κ1) is 20.5. The molecule has 2 aromatic carbocycles. The van der Waals surface area contributed by atoms with E-state index in [0.717, 1.165) is 0 Å². The van der Waals surface area contributed by atoms with Gasteiger partial charge in [0.05, 0.1) is 10.6 Å². The highest BCUT2D eigenvalue weighted by Crippen LogP contribution is 2.28. The number of nitrogens with zero attached hydrogens (tertiary/aromatic N) is 4. The van der Waals surface area contributed by atoms with E-state index in [2.05, 4.69) is 10.1 Å². The standard InChI is InChI=1S/C21H23FN4O3S/c1-3-20-23-21(24-29-20)16-9-8-15(2)19(14-16)30(27,28)26-12-10-25(11-13-26)18-7-5-4-6-17(18)22/h4-9,14H,3,10-13H2,1-2H3. The van der Waals surface area contributed by atoms with Crippen molar-refractivity contribution in [2.24, 2.45) is 0 Å². The maximum absolute atomic E-state index is 14.1. The predicted molar refractivity (Wildman–Crippen MR) is 111 cm³/mol. The van der Waals surface area contributed by atoms with Crippen molar-refractivity contribution >= 4 is 15.7 Å².